The maximum absolute atomic E-state index is 5.79. The van der Waals surface area contributed by atoms with Gasteiger partial charge in [0.1, 0.15) is 5.75 Å². The van der Waals surface area contributed by atoms with Crippen LogP contribution in [-0.2, 0) is 0 Å². The molecule has 0 saturated heterocycles. The van der Waals surface area contributed by atoms with Crippen LogP contribution in [0.25, 0.3) is 0 Å². The average Bonchev–Trinajstić information content (AvgIpc) is 2.33. The molecule has 0 aliphatic rings. The summed E-state index contributed by atoms with van der Waals surface area (Å²) in [5.41, 5.74) is 0. The molecule has 0 aliphatic heterocycles. The van der Waals surface area contributed by atoms with Crippen LogP contribution in [0.5, 0.6) is 11.6 Å². The summed E-state index contributed by atoms with van der Waals surface area (Å²) in [6, 6.07) is 9.79. The van der Waals surface area contributed by atoms with Crippen molar-refractivity contribution in [1.29, 1.82) is 0 Å². The number of rotatable bonds is 3. The average molecular weight is 375 g/mol. The van der Waals surface area contributed by atoms with Crippen molar-refractivity contribution in [1.82, 2.24) is 4.98 Å². The van der Waals surface area contributed by atoms with Gasteiger partial charge in [-0.1, -0.05) is 12.1 Å². The standard InChI is InChI=1S/C12H9Br2NOS/c1-17-11-5-3-2-4-10(11)16-12-9(14)6-8(13)7-15-12/h2-7H,1H3. The maximum Gasteiger partial charge on any atom is 0.233 e. The van der Waals surface area contributed by atoms with E-state index in [1.165, 1.54) is 0 Å². The van der Waals surface area contributed by atoms with E-state index in [0.717, 1.165) is 19.6 Å². The fourth-order valence-electron chi connectivity index (χ4n) is 1.28. The van der Waals surface area contributed by atoms with E-state index in [4.69, 9.17) is 4.74 Å². The predicted octanol–water partition coefficient (Wildman–Crippen LogP) is 5.12. The molecule has 0 atom stereocenters. The number of nitrogens with zero attached hydrogens (tertiary/aromatic N) is 1. The Morgan fingerprint density at radius 1 is 1.24 bits per heavy atom. The molecule has 1 aromatic heterocycles. The Kier molecular flexibility index (Phi) is 4.48. The minimum atomic E-state index is 0.565. The first-order chi connectivity index (χ1) is 8.20. The lowest BCUT2D eigenvalue weighted by Crippen LogP contribution is -1.90. The summed E-state index contributed by atoms with van der Waals surface area (Å²) >= 11 is 8.43. The Labute approximate surface area is 121 Å². The van der Waals surface area contributed by atoms with Crippen molar-refractivity contribution in [3.8, 4) is 11.6 Å². The molecule has 1 heterocycles. The summed E-state index contributed by atoms with van der Waals surface area (Å²) in [5, 5.41) is 0. The molecule has 0 N–H and O–H groups in total. The van der Waals surface area contributed by atoms with E-state index in [0.29, 0.717) is 5.88 Å². The van der Waals surface area contributed by atoms with Crippen LogP contribution in [0.2, 0.25) is 0 Å². The SMILES string of the molecule is CSc1ccccc1Oc1ncc(Br)cc1Br. The number of ether oxygens (including phenoxy) is 1. The molecule has 0 spiro atoms. The van der Waals surface area contributed by atoms with E-state index in [2.05, 4.69) is 36.8 Å². The highest BCUT2D eigenvalue weighted by Crippen LogP contribution is 2.34. The highest BCUT2D eigenvalue weighted by atomic mass is 79.9. The van der Waals surface area contributed by atoms with Crippen molar-refractivity contribution in [2.24, 2.45) is 0 Å². The minimum Gasteiger partial charge on any atom is -0.437 e. The zero-order valence-electron chi connectivity index (χ0n) is 8.98. The first kappa shape index (κ1) is 12.9. The predicted molar refractivity (Wildman–Crippen MR) is 77.9 cm³/mol. The van der Waals surface area contributed by atoms with Gasteiger partial charge in [-0.2, -0.15) is 0 Å². The zero-order valence-corrected chi connectivity index (χ0v) is 13.0. The maximum atomic E-state index is 5.79. The first-order valence-electron chi connectivity index (χ1n) is 4.82. The number of hydrogen-bond acceptors (Lipinski definition) is 3. The summed E-state index contributed by atoms with van der Waals surface area (Å²) in [4.78, 5) is 5.31. The summed E-state index contributed by atoms with van der Waals surface area (Å²) in [6.07, 6.45) is 3.73. The molecule has 0 amide bonds. The molecule has 2 rings (SSSR count). The van der Waals surface area contributed by atoms with Crippen LogP contribution >= 0.6 is 43.6 Å². The van der Waals surface area contributed by atoms with Gasteiger partial charge in [-0.05, 0) is 56.3 Å². The molecule has 0 aliphatic carbocycles. The third-order valence-electron chi connectivity index (χ3n) is 2.05. The smallest absolute Gasteiger partial charge is 0.233 e. The van der Waals surface area contributed by atoms with E-state index in [-0.39, 0.29) is 0 Å². The van der Waals surface area contributed by atoms with Gasteiger partial charge in [-0.15, -0.1) is 11.8 Å². The number of pyridine rings is 1. The Bertz CT molecular complexity index is 534. The summed E-state index contributed by atoms with van der Waals surface area (Å²) in [7, 11) is 0. The normalized spacial score (nSPS) is 10.3. The Balaban J connectivity index is 2.31. The topological polar surface area (TPSA) is 22.1 Å². The van der Waals surface area contributed by atoms with Gasteiger partial charge >= 0.3 is 0 Å². The molecule has 2 aromatic rings. The van der Waals surface area contributed by atoms with Crippen LogP contribution in [0.15, 0.2) is 50.4 Å². The van der Waals surface area contributed by atoms with Crippen molar-refractivity contribution in [2.75, 3.05) is 6.26 Å². The highest BCUT2D eigenvalue weighted by molar-refractivity contribution is 9.11. The largest absolute Gasteiger partial charge is 0.437 e. The van der Waals surface area contributed by atoms with E-state index < -0.39 is 0 Å². The molecule has 88 valence electrons. The molecule has 0 bridgehead atoms. The van der Waals surface area contributed by atoms with Gasteiger partial charge in [-0.3, -0.25) is 0 Å². The van der Waals surface area contributed by atoms with Crippen molar-refractivity contribution < 1.29 is 4.74 Å². The summed E-state index contributed by atoms with van der Waals surface area (Å²) in [5.74, 6) is 1.38. The number of benzene rings is 1. The molecule has 2 nitrogen and oxygen atoms in total. The van der Waals surface area contributed by atoms with Crippen LogP contribution in [-0.4, -0.2) is 11.2 Å². The van der Waals surface area contributed by atoms with E-state index in [9.17, 15) is 0 Å². The van der Waals surface area contributed by atoms with E-state index in [1.54, 1.807) is 18.0 Å². The second kappa shape index (κ2) is 5.89. The molecule has 0 radical (unpaired) electrons. The first-order valence-corrected chi connectivity index (χ1v) is 7.63. The van der Waals surface area contributed by atoms with Gasteiger partial charge < -0.3 is 4.74 Å². The van der Waals surface area contributed by atoms with Crippen molar-refractivity contribution in [3.63, 3.8) is 0 Å². The molecule has 17 heavy (non-hydrogen) atoms. The van der Waals surface area contributed by atoms with Crippen LogP contribution in [0, 0.1) is 0 Å². The summed E-state index contributed by atoms with van der Waals surface area (Å²) < 4.78 is 7.52. The lowest BCUT2D eigenvalue weighted by atomic mass is 10.3. The molecule has 0 unspecified atom stereocenters. The lowest BCUT2D eigenvalue weighted by Gasteiger charge is -2.09. The Morgan fingerprint density at radius 2 is 2.00 bits per heavy atom. The van der Waals surface area contributed by atoms with Crippen LogP contribution in [0.1, 0.15) is 0 Å². The second-order valence-corrected chi connectivity index (χ2v) is 5.81. The monoisotopic (exact) mass is 373 g/mol. The van der Waals surface area contributed by atoms with Gasteiger partial charge in [-0.25, -0.2) is 4.98 Å². The molecule has 1 aromatic carbocycles. The van der Waals surface area contributed by atoms with Crippen molar-refractivity contribution in [3.05, 3.63) is 45.5 Å². The number of halogens is 2. The minimum absolute atomic E-state index is 0.565. The van der Waals surface area contributed by atoms with E-state index in [1.807, 2.05) is 36.6 Å². The zero-order chi connectivity index (χ0) is 12.3. The number of thioether (sulfide) groups is 1. The van der Waals surface area contributed by atoms with Crippen LogP contribution < -0.4 is 4.74 Å². The van der Waals surface area contributed by atoms with Gasteiger partial charge in [0.05, 0.1) is 4.47 Å². The Hall–Kier alpha value is -0.520. The molecule has 0 fully saturated rings. The molecule has 0 saturated carbocycles. The third-order valence-corrected chi connectivity index (χ3v) is 3.83. The fourth-order valence-corrected chi connectivity index (χ4v) is 2.88. The second-order valence-electron chi connectivity index (χ2n) is 3.19. The van der Waals surface area contributed by atoms with Crippen molar-refractivity contribution >= 4 is 43.6 Å². The number of hydrogen-bond donors (Lipinski definition) is 0. The summed E-state index contributed by atoms with van der Waals surface area (Å²) in [6.45, 7) is 0. The van der Waals surface area contributed by atoms with Crippen molar-refractivity contribution in [2.45, 2.75) is 4.90 Å². The lowest BCUT2D eigenvalue weighted by molar-refractivity contribution is 0.449. The van der Waals surface area contributed by atoms with Gasteiger partial charge in [0, 0.05) is 15.6 Å². The van der Waals surface area contributed by atoms with Crippen LogP contribution in [0.3, 0.4) is 0 Å². The Morgan fingerprint density at radius 3 is 2.71 bits per heavy atom. The molecule has 5 heteroatoms. The number of para-hydroxylation sites is 1. The third kappa shape index (κ3) is 3.24. The molecular weight excluding hydrogens is 366 g/mol. The fraction of sp³-hybridized carbons (Fsp3) is 0.0833. The van der Waals surface area contributed by atoms with Gasteiger partial charge in [0.2, 0.25) is 5.88 Å². The highest BCUT2D eigenvalue weighted by Gasteiger charge is 2.07. The molecular formula is C12H9Br2NOS. The van der Waals surface area contributed by atoms with Gasteiger partial charge in [0.25, 0.3) is 0 Å². The van der Waals surface area contributed by atoms with Gasteiger partial charge in [0.15, 0.2) is 0 Å². The van der Waals surface area contributed by atoms with Crippen LogP contribution in [0.4, 0.5) is 0 Å². The number of aromatic nitrogens is 1. The quantitative estimate of drug-likeness (QED) is 0.696. The van der Waals surface area contributed by atoms with E-state index >= 15 is 0 Å².